The molecule has 1 aliphatic heterocycles. The van der Waals surface area contributed by atoms with E-state index >= 15 is 0 Å². The Morgan fingerprint density at radius 1 is 0.833 bits per heavy atom. The Balaban J connectivity index is 1.67. The van der Waals surface area contributed by atoms with Gasteiger partial charge in [0.15, 0.2) is 5.11 Å². The van der Waals surface area contributed by atoms with Crippen molar-refractivity contribution >= 4 is 68.2 Å². The molecule has 36 heavy (non-hydrogen) atoms. The average Bonchev–Trinajstić information content (AvgIpc) is 2.86. The van der Waals surface area contributed by atoms with Gasteiger partial charge < -0.3 is 5.32 Å². The minimum Gasteiger partial charge on any atom is -0.331 e. The number of allylic oxidation sites excluding steroid dienone is 1. The SMILES string of the molecule is O=S(=O)(c1ccc(Cl)cc1)N1C(=S)NC2=C(CCC/C2=C\c2ccc(Cl)cc2)[C@@H]1c1ccc(Cl)cc1. The number of sulfonamides is 1. The van der Waals surface area contributed by atoms with Crippen molar-refractivity contribution in [3.8, 4) is 0 Å². The van der Waals surface area contributed by atoms with Crippen LogP contribution in [-0.2, 0) is 10.0 Å². The molecule has 0 saturated heterocycles. The monoisotopic (exact) mass is 574 g/mol. The number of nitrogens with one attached hydrogen (secondary N) is 1. The first-order valence-corrected chi connectivity index (χ1v) is 14.3. The summed E-state index contributed by atoms with van der Waals surface area (Å²) < 4.78 is 29.1. The number of thiocarbonyl (C=S) groups is 1. The quantitative estimate of drug-likeness (QED) is 0.323. The summed E-state index contributed by atoms with van der Waals surface area (Å²) in [6.45, 7) is 0. The number of nitrogens with zero attached hydrogens (tertiary/aromatic N) is 1. The van der Waals surface area contributed by atoms with Crippen LogP contribution in [0.25, 0.3) is 6.08 Å². The van der Waals surface area contributed by atoms with Gasteiger partial charge in [-0.2, -0.15) is 0 Å². The molecule has 5 rings (SSSR count). The molecule has 0 saturated carbocycles. The van der Waals surface area contributed by atoms with Gasteiger partial charge in [0.25, 0.3) is 10.0 Å². The van der Waals surface area contributed by atoms with E-state index in [2.05, 4.69) is 11.4 Å². The second-order valence-corrected chi connectivity index (χ2v) is 12.1. The number of hydrogen-bond donors (Lipinski definition) is 1. The van der Waals surface area contributed by atoms with E-state index in [9.17, 15) is 8.42 Å². The van der Waals surface area contributed by atoms with E-state index in [1.807, 2.05) is 36.4 Å². The zero-order chi connectivity index (χ0) is 25.4. The maximum absolute atomic E-state index is 13.9. The molecule has 0 radical (unpaired) electrons. The lowest BCUT2D eigenvalue weighted by molar-refractivity contribution is 0.439. The van der Waals surface area contributed by atoms with Crippen molar-refractivity contribution in [3.63, 3.8) is 0 Å². The molecule has 184 valence electrons. The van der Waals surface area contributed by atoms with E-state index in [0.717, 1.165) is 47.2 Å². The summed E-state index contributed by atoms with van der Waals surface area (Å²) in [6.07, 6.45) is 4.55. The molecule has 0 aromatic heterocycles. The average molecular weight is 576 g/mol. The minimum atomic E-state index is -4.00. The van der Waals surface area contributed by atoms with E-state index in [1.165, 1.54) is 16.4 Å². The fraction of sp³-hybridized carbons (Fsp3) is 0.148. The molecule has 0 spiro atoms. The van der Waals surface area contributed by atoms with Gasteiger partial charge in [-0.15, -0.1) is 0 Å². The molecule has 0 bridgehead atoms. The van der Waals surface area contributed by atoms with Crippen LogP contribution in [0.5, 0.6) is 0 Å². The number of benzene rings is 3. The Labute approximate surface area is 231 Å². The van der Waals surface area contributed by atoms with Gasteiger partial charge in [0, 0.05) is 20.8 Å². The van der Waals surface area contributed by atoms with Crippen LogP contribution in [0, 0.1) is 0 Å². The third-order valence-corrected chi connectivity index (χ3v) is 9.25. The highest BCUT2D eigenvalue weighted by atomic mass is 35.5. The molecule has 1 atom stereocenters. The van der Waals surface area contributed by atoms with Crippen LogP contribution < -0.4 is 5.32 Å². The lowest BCUT2D eigenvalue weighted by atomic mass is 9.83. The molecule has 3 aromatic carbocycles. The van der Waals surface area contributed by atoms with Crippen molar-refractivity contribution in [1.82, 2.24) is 9.62 Å². The van der Waals surface area contributed by atoms with Gasteiger partial charge in [-0.3, -0.25) is 0 Å². The summed E-state index contributed by atoms with van der Waals surface area (Å²) in [5.74, 6) is 0. The number of rotatable bonds is 4. The molecule has 1 N–H and O–H groups in total. The van der Waals surface area contributed by atoms with Crippen molar-refractivity contribution in [2.75, 3.05) is 0 Å². The summed E-state index contributed by atoms with van der Waals surface area (Å²) >= 11 is 24.0. The van der Waals surface area contributed by atoms with E-state index in [-0.39, 0.29) is 10.0 Å². The molecule has 3 aromatic rings. The number of hydrogen-bond acceptors (Lipinski definition) is 3. The van der Waals surface area contributed by atoms with Gasteiger partial charge in [-0.1, -0.05) is 59.1 Å². The maximum atomic E-state index is 13.9. The third kappa shape index (κ3) is 4.93. The smallest absolute Gasteiger partial charge is 0.266 e. The van der Waals surface area contributed by atoms with Crippen LogP contribution in [0.3, 0.4) is 0 Å². The largest absolute Gasteiger partial charge is 0.331 e. The van der Waals surface area contributed by atoms with Crippen molar-refractivity contribution < 1.29 is 8.42 Å². The zero-order valence-corrected chi connectivity index (χ0v) is 22.8. The molecular formula is C27H21Cl3N2O2S2. The predicted octanol–water partition coefficient (Wildman–Crippen LogP) is 7.79. The molecule has 0 amide bonds. The van der Waals surface area contributed by atoms with Crippen LogP contribution in [-0.4, -0.2) is 17.8 Å². The second kappa shape index (κ2) is 10.2. The summed E-state index contributed by atoms with van der Waals surface area (Å²) in [5.41, 5.74) is 4.72. The van der Waals surface area contributed by atoms with Gasteiger partial charge in [-0.05, 0) is 108 Å². The van der Waals surface area contributed by atoms with Gasteiger partial charge in [0.2, 0.25) is 0 Å². The fourth-order valence-electron chi connectivity index (χ4n) is 4.63. The Kier molecular flexibility index (Phi) is 7.16. The van der Waals surface area contributed by atoms with E-state index in [1.54, 1.807) is 24.3 Å². The second-order valence-electron chi connectivity index (χ2n) is 8.61. The fourth-order valence-corrected chi connectivity index (χ4v) is 7.01. The lowest BCUT2D eigenvalue weighted by Crippen LogP contribution is -2.50. The third-order valence-electron chi connectivity index (χ3n) is 6.30. The van der Waals surface area contributed by atoms with E-state index in [4.69, 9.17) is 47.0 Å². The molecule has 1 heterocycles. The van der Waals surface area contributed by atoms with Gasteiger partial charge in [-0.25, -0.2) is 12.7 Å². The topological polar surface area (TPSA) is 49.4 Å². The highest BCUT2D eigenvalue weighted by Crippen LogP contribution is 2.45. The van der Waals surface area contributed by atoms with Gasteiger partial charge in [0.05, 0.1) is 10.9 Å². The lowest BCUT2D eigenvalue weighted by Gasteiger charge is -2.42. The summed E-state index contributed by atoms with van der Waals surface area (Å²) in [4.78, 5) is 0.117. The first kappa shape index (κ1) is 25.3. The van der Waals surface area contributed by atoms with E-state index < -0.39 is 16.1 Å². The van der Waals surface area contributed by atoms with Crippen LogP contribution in [0.2, 0.25) is 15.1 Å². The summed E-state index contributed by atoms with van der Waals surface area (Å²) in [6, 6.07) is 20.4. The molecule has 4 nitrogen and oxygen atoms in total. The van der Waals surface area contributed by atoms with Crippen LogP contribution in [0.15, 0.2) is 94.5 Å². The first-order valence-electron chi connectivity index (χ1n) is 11.3. The zero-order valence-electron chi connectivity index (χ0n) is 18.9. The van der Waals surface area contributed by atoms with Crippen LogP contribution >= 0.6 is 47.0 Å². The van der Waals surface area contributed by atoms with Crippen LogP contribution in [0.1, 0.15) is 36.4 Å². The Hall–Kier alpha value is -2.35. The van der Waals surface area contributed by atoms with Crippen LogP contribution in [0.4, 0.5) is 0 Å². The Morgan fingerprint density at radius 2 is 1.39 bits per heavy atom. The standard InChI is InChI=1S/C27H21Cl3N2O2S2/c28-20-8-4-17(5-9-20)16-19-2-1-3-24-25(19)31-27(35)32(26(24)18-6-10-21(29)11-7-18)36(33,34)23-14-12-22(30)13-15-23/h4-16,26H,1-3H2,(H,31,35)/b19-16+/t26-/m0/s1. The van der Waals surface area contributed by atoms with Crippen molar-refractivity contribution in [1.29, 1.82) is 0 Å². The van der Waals surface area contributed by atoms with Crippen molar-refractivity contribution in [2.45, 2.75) is 30.2 Å². The van der Waals surface area contributed by atoms with Gasteiger partial charge in [0.1, 0.15) is 0 Å². The summed E-state index contributed by atoms with van der Waals surface area (Å²) in [5, 5.41) is 5.08. The molecule has 1 aliphatic carbocycles. The maximum Gasteiger partial charge on any atom is 0.266 e. The Morgan fingerprint density at radius 3 is 2.00 bits per heavy atom. The van der Waals surface area contributed by atoms with Crippen molar-refractivity contribution in [3.05, 3.63) is 116 Å². The summed E-state index contributed by atoms with van der Waals surface area (Å²) in [7, 11) is -4.00. The number of halogens is 3. The molecule has 0 fully saturated rings. The van der Waals surface area contributed by atoms with Crippen molar-refractivity contribution in [2.24, 2.45) is 0 Å². The Bertz CT molecular complexity index is 1480. The molecular weight excluding hydrogens is 555 g/mol. The van der Waals surface area contributed by atoms with E-state index in [0.29, 0.717) is 15.1 Å². The minimum absolute atomic E-state index is 0.117. The molecule has 2 aliphatic rings. The highest BCUT2D eigenvalue weighted by Gasteiger charge is 2.42. The molecule has 9 heteroatoms. The highest BCUT2D eigenvalue weighted by molar-refractivity contribution is 7.91. The van der Waals surface area contributed by atoms with Gasteiger partial charge >= 0.3 is 0 Å². The predicted molar refractivity (Wildman–Crippen MR) is 151 cm³/mol. The molecule has 0 unspecified atom stereocenters. The normalized spacial score (nSPS) is 19.3. The first-order chi connectivity index (χ1) is 17.2.